The topological polar surface area (TPSA) is 137 Å². The van der Waals surface area contributed by atoms with Crippen LogP contribution in [0.4, 0.5) is 0 Å². The zero-order valence-corrected chi connectivity index (χ0v) is 7.82. The molecule has 84 valence electrons. The maximum absolute atomic E-state index is 10.3. The molecule has 0 aromatic rings. The summed E-state index contributed by atoms with van der Waals surface area (Å²) in [5.74, 6) is 0. The Morgan fingerprint density at radius 3 is 2.14 bits per heavy atom. The first-order valence-corrected chi connectivity index (χ1v) is 5.24. The molecule has 1 aliphatic heterocycles. The van der Waals surface area contributed by atoms with Crippen LogP contribution in [-0.4, -0.2) is 56.3 Å². The Balaban J connectivity index is 2.44. The average molecular weight is 230 g/mol. The van der Waals surface area contributed by atoms with Crippen LogP contribution >= 0.6 is 7.82 Å². The molecule has 4 atom stereocenters. The second-order valence-electron chi connectivity index (χ2n) is 2.83. The molecular formula is C5H11O8P. The van der Waals surface area contributed by atoms with E-state index in [2.05, 4.69) is 9.26 Å². The fraction of sp³-hybridized carbons (Fsp3) is 1.00. The van der Waals surface area contributed by atoms with Gasteiger partial charge in [0.15, 0.2) is 6.29 Å². The van der Waals surface area contributed by atoms with Crippen LogP contribution < -0.4 is 0 Å². The van der Waals surface area contributed by atoms with Gasteiger partial charge in [-0.2, -0.15) is 0 Å². The van der Waals surface area contributed by atoms with Crippen LogP contribution in [0, 0.1) is 0 Å². The van der Waals surface area contributed by atoms with Crippen molar-refractivity contribution in [3.05, 3.63) is 0 Å². The minimum atomic E-state index is -4.64. The first-order valence-electron chi connectivity index (χ1n) is 3.71. The summed E-state index contributed by atoms with van der Waals surface area (Å²) in [6, 6.07) is 0. The molecule has 0 saturated carbocycles. The number of aliphatic hydroxyl groups excluding tert-OH is 3. The number of ether oxygens (including phenoxy) is 1. The van der Waals surface area contributed by atoms with Gasteiger partial charge in [0.1, 0.15) is 18.3 Å². The van der Waals surface area contributed by atoms with Gasteiger partial charge in [-0.1, -0.05) is 0 Å². The first-order chi connectivity index (χ1) is 6.31. The van der Waals surface area contributed by atoms with Gasteiger partial charge in [0, 0.05) is 0 Å². The summed E-state index contributed by atoms with van der Waals surface area (Å²) >= 11 is 0. The molecule has 0 aromatic heterocycles. The highest BCUT2D eigenvalue weighted by molar-refractivity contribution is 7.46. The molecule has 9 heteroatoms. The number of phosphoric ester groups is 1. The molecule has 0 radical (unpaired) electrons. The summed E-state index contributed by atoms with van der Waals surface area (Å²) in [5.41, 5.74) is 0. The second kappa shape index (κ2) is 4.21. The molecule has 8 nitrogen and oxygen atoms in total. The normalized spacial score (nSPS) is 38.9. The Bertz CT molecular complexity index is 238. The molecule has 1 heterocycles. The van der Waals surface area contributed by atoms with Crippen molar-refractivity contribution in [3.8, 4) is 0 Å². The fourth-order valence-electron chi connectivity index (χ4n) is 1.04. The Morgan fingerprint density at radius 1 is 1.21 bits per heavy atom. The zero-order valence-electron chi connectivity index (χ0n) is 6.92. The van der Waals surface area contributed by atoms with Crippen molar-refractivity contribution in [2.75, 3.05) is 6.61 Å². The third-order valence-corrected chi connectivity index (χ3v) is 2.23. The van der Waals surface area contributed by atoms with Crippen LogP contribution in [0.15, 0.2) is 0 Å². The van der Waals surface area contributed by atoms with Gasteiger partial charge in [0.05, 0.1) is 6.61 Å². The molecule has 0 aromatic carbocycles. The summed E-state index contributed by atoms with van der Waals surface area (Å²) in [6.07, 6.45) is -5.67. The number of phosphoric acid groups is 1. The van der Waals surface area contributed by atoms with Crippen molar-refractivity contribution >= 4 is 7.82 Å². The number of aliphatic hydroxyl groups is 3. The van der Waals surface area contributed by atoms with Crippen molar-refractivity contribution in [1.29, 1.82) is 0 Å². The lowest BCUT2D eigenvalue weighted by atomic mass is 10.1. The minimum Gasteiger partial charge on any atom is -0.387 e. The summed E-state index contributed by atoms with van der Waals surface area (Å²) in [7, 11) is -4.64. The standard InChI is InChI=1S/C5H11O8P/c6-3-2(1-12-14(9,10)11)13-5(8)4(3)7/h2-8H,1H2,(H2,9,10,11)/t2-,3-,4-,5?/m1/s1. The van der Waals surface area contributed by atoms with E-state index in [1.54, 1.807) is 0 Å². The molecule has 1 rings (SSSR count). The van der Waals surface area contributed by atoms with Gasteiger partial charge in [-0.15, -0.1) is 0 Å². The molecule has 0 aliphatic carbocycles. The molecule has 0 bridgehead atoms. The maximum atomic E-state index is 10.3. The Kier molecular flexibility index (Phi) is 3.62. The van der Waals surface area contributed by atoms with Crippen molar-refractivity contribution in [2.45, 2.75) is 24.6 Å². The van der Waals surface area contributed by atoms with E-state index in [-0.39, 0.29) is 0 Å². The minimum absolute atomic E-state index is 0.612. The summed E-state index contributed by atoms with van der Waals surface area (Å²) < 4.78 is 18.9. The van der Waals surface area contributed by atoms with Crippen LogP contribution in [0.3, 0.4) is 0 Å². The fourth-order valence-corrected chi connectivity index (χ4v) is 1.38. The molecule has 14 heavy (non-hydrogen) atoms. The van der Waals surface area contributed by atoms with E-state index >= 15 is 0 Å². The van der Waals surface area contributed by atoms with E-state index in [9.17, 15) is 4.57 Å². The van der Waals surface area contributed by atoms with Gasteiger partial charge in [0.2, 0.25) is 0 Å². The van der Waals surface area contributed by atoms with Gasteiger partial charge in [-0.3, -0.25) is 4.52 Å². The average Bonchev–Trinajstić information content (AvgIpc) is 2.28. The van der Waals surface area contributed by atoms with Crippen molar-refractivity contribution < 1.29 is 38.9 Å². The molecule has 5 N–H and O–H groups in total. The maximum Gasteiger partial charge on any atom is 0.469 e. The van der Waals surface area contributed by atoms with E-state index in [4.69, 9.17) is 25.1 Å². The summed E-state index contributed by atoms with van der Waals surface area (Å²) in [5, 5.41) is 27.0. The number of hydrogen-bond donors (Lipinski definition) is 5. The van der Waals surface area contributed by atoms with Gasteiger partial charge < -0.3 is 29.8 Å². The van der Waals surface area contributed by atoms with E-state index in [1.165, 1.54) is 0 Å². The highest BCUT2D eigenvalue weighted by Crippen LogP contribution is 2.36. The Hall–Kier alpha value is -0.0500. The smallest absolute Gasteiger partial charge is 0.387 e. The highest BCUT2D eigenvalue weighted by atomic mass is 31.2. The molecule has 1 saturated heterocycles. The SMILES string of the molecule is O=P(O)(O)OC[C@H]1OC(O)[C@H](O)[C@@H]1O. The predicted molar refractivity (Wildman–Crippen MR) is 40.9 cm³/mol. The van der Waals surface area contributed by atoms with Crippen LogP contribution in [-0.2, 0) is 13.8 Å². The van der Waals surface area contributed by atoms with E-state index in [0.29, 0.717) is 0 Å². The van der Waals surface area contributed by atoms with E-state index in [1.807, 2.05) is 0 Å². The molecule has 1 fully saturated rings. The van der Waals surface area contributed by atoms with E-state index < -0.39 is 39.0 Å². The Labute approximate surface area is 78.9 Å². The van der Waals surface area contributed by atoms with Gasteiger partial charge >= 0.3 is 7.82 Å². The lowest BCUT2D eigenvalue weighted by Crippen LogP contribution is -2.34. The van der Waals surface area contributed by atoms with Crippen LogP contribution in [0.2, 0.25) is 0 Å². The van der Waals surface area contributed by atoms with Crippen LogP contribution in [0.25, 0.3) is 0 Å². The number of hydrogen-bond acceptors (Lipinski definition) is 6. The van der Waals surface area contributed by atoms with Crippen LogP contribution in [0.1, 0.15) is 0 Å². The Morgan fingerprint density at radius 2 is 1.79 bits per heavy atom. The highest BCUT2D eigenvalue weighted by Gasteiger charge is 2.42. The quantitative estimate of drug-likeness (QED) is 0.336. The third kappa shape index (κ3) is 2.97. The molecular weight excluding hydrogens is 219 g/mol. The summed E-state index contributed by atoms with van der Waals surface area (Å²) in [4.78, 5) is 16.6. The van der Waals surface area contributed by atoms with Gasteiger partial charge in [0.25, 0.3) is 0 Å². The zero-order chi connectivity index (χ0) is 10.9. The second-order valence-corrected chi connectivity index (χ2v) is 4.07. The largest absolute Gasteiger partial charge is 0.469 e. The van der Waals surface area contributed by atoms with Crippen molar-refractivity contribution in [1.82, 2.24) is 0 Å². The molecule has 1 aliphatic rings. The molecule has 1 unspecified atom stereocenters. The predicted octanol–water partition coefficient (Wildman–Crippen LogP) is -2.47. The lowest BCUT2D eigenvalue weighted by Gasteiger charge is -2.14. The van der Waals surface area contributed by atoms with Crippen LogP contribution in [0.5, 0.6) is 0 Å². The van der Waals surface area contributed by atoms with Crippen molar-refractivity contribution in [3.63, 3.8) is 0 Å². The van der Waals surface area contributed by atoms with Crippen molar-refractivity contribution in [2.24, 2.45) is 0 Å². The third-order valence-electron chi connectivity index (χ3n) is 1.74. The van der Waals surface area contributed by atoms with E-state index in [0.717, 1.165) is 0 Å². The first kappa shape index (κ1) is 12.0. The monoisotopic (exact) mass is 230 g/mol. The number of rotatable bonds is 3. The summed E-state index contributed by atoms with van der Waals surface area (Å²) in [6.45, 7) is -0.612. The lowest BCUT2D eigenvalue weighted by molar-refractivity contribution is -0.132. The van der Waals surface area contributed by atoms with Gasteiger partial charge in [-0.05, 0) is 0 Å². The molecule has 0 spiro atoms. The van der Waals surface area contributed by atoms with Gasteiger partial charge in [-0.25, -0.2) is 4.57 Å². The molecule has 0 amide bonds.